The topological polar surface area (TPSA) is 40.5 Å². The number of benzene rings is 1. The lowest BCUT2D eigenvalue weighted by atomic mass is 9.84. The van der Waals surface area contributed by atoms with E-state index in [1.54, 1.807) is 0 Å². The molecule has 1 N–H and O–H groups in total. The Kier molecular flexibility index (Phi) is 3.56. The van der Waals surface area contributed by atoms with E-state index in [9.17, 15) is 9.90 Å². The van der Waals surface area contributed by atoms with Gasteiger partial charge in [-0.05, 0) is 30.7 Å². The van der Waals surface area contributed by atoms with Crippen molar-refractivity contribution in [2.45, 2.75) is 50.7 Å². The molecule has 0 spiro atoms. The predicted molar refractivity (Wildman–Crippen MR) is 73.8 cm³/mol. The Morgan fingerprint density at radius 2 is 1.95 bits per heavy atom. The summed E-state index contributed by atoms with van der Waals surface area (Å²) in [6, 6.07) is 10.4. The second-order valence-corrected chi connectivity index (χ2v) is 5.86. The van der Waals surface area contributed by atoms with Gasteiger partial charge in [-0.25, -0.2) is 0 Å². The molecule has 0 radical (unpaired) electrons. The van der Waals surface area contributed by atoms with Crippen molar-refractivity contribution in [1.29, 1.82) is 0 Å². The van der Waals surface area contributed by atoms with Crippen LogP contribution in [0.3, 0.4) is 0 Å². The fourth-order valence-electron chi connectivity index (χ4n) is 3.82. The summed E-state index contributed by atoms with van der Waals surface area (Å²) in [7, 11) is 0. The maximum absolute atomic E-state index is 11.5. The van der Waals surface area contributed by atoms with Crippen molar-refractivity contribution in [1.82, 2.24) is 4.90 Å². The van der Waals surface area contributed by atoms with Gasteiger partial charge >= 0.3 is 5.97 Å². The highest BCUT2D eigenvalue weighted by Crippen LogP contribution is 2.40. The van der Waals surface area contributed by atoms with Gasteiger partial charge in [-0.3, -0.25) is 9.69 Å². The summed E-state index contributed by atoms with van der Waals surface area (Å²) in [5.74, 6) is -0.0520. The van der Waals surface area contributed by atoms with Crippen LogP contribution in [0.25, 0.3) is 0 Å². The van der Waals surface area contributed by atoms with Gasteiger partial charge in [0.15, 0.2) is 0 Å². The Balaban J connectivity index is 1.80. The number of hydrogen-bond donors (Lipinski definition) is 1. The Labute approximate surface area is 114 Å². The minimum atomic E-state index is -0.648. The number of rotatable bonds is 3. The zero-order chi connectivity index (χ0) is 13.2. The number of likely N-dealkylation sites (tertiary alicyclic amines) is 1. The molecule has 2 aliphatic rings. The van der Waals surface area contributed by atoms with Crippen LogP contribution < -0.4 is 0 Å². The fourth-order valence-corrected chi connectivity index (χ4v) is 3.82. The van der Waals surface area contributed by atoms with Crippen molar-refractivity contribution >= 4 is 5.97 Å². The van der Waals surface area contributed by atoms with Crippen LogP contribution in [0, 0.1) is 5.92 Å². The first-order valence-electron chi connectivity index (χ1n) is 7.28. The Bertz CT molecular complexity index is 445. The molecular formula is C16H21NO2. The standard InChI is InChI=1S/C16H21NO2/c18-16(19)15-10-13-8-4-5-9-14(13)17(15)11-12-6-2-1-3-7-12/h1-3,6-7,13-15H,4-5,8-11H2,(H,18,19)/t13-,14+,15+/m0/s1. The van der Waals surface area contributed by atoms with Crippen molar-refractivity contribution < 1.29 is 9.90 Å². The third-order valence-corrected chi connectivity index (χ3v) is 4.71. The van der Waals surface area contributed by atoms with Gasteiger partial charge < -0.3 is 5.11 Å². The summed E-state index contributed by atoms with van der Waals surface area (Å²) >= 11 is 0. The van der Waals surface area contributed by atoms with Crippen molar-refractivity contribution in [2.75, 3.05) is 0 Å². The van der Waals surface area contributed by atoms with Crippen molar-refractivity contribution in [3.8, 4) is 0 Å². The molecule has 1 saturated heterocycles. The number of fused-ring (bicyclic) bond motifs is 1. The Hall–Kier alpha value is -1.35. The summed E-state index contributed by atoms with van der Waals surface area (Å²) in [4.78, 5) is 13.7. The third kappa shape index (κ3) is 2.52. The van der Waals surface area contributed by atoms with Gasteiger partial charge in [0.1, 0.15) is 6.04 Å². The number of aliphatic carboxylic acids is 1. The molecule has 1 aliphatic heterocycles. The van der Waals surface area contributed by atoms with E-state index in [2.05, 4.69) is 17.0 Å². The molecule has 1 heterocycles. The molecule has 1 aliphatic carbocycles. The molecule has 102 valence electrons. The fraction of sp³-hybridized carbons (Fsp3) is 0.562. The summed E-state index contributed by atoms with van der Waals surface area (Å²) < 4.78 is 0. The molecule has 3 atom stereocenters. The maximum atomic E-state index is 11.5. The lowest BCUT2D eigenvalue weighted by Gasteiger charge is -2.33. The van der Waals surface area contributed by atoms with E-state index in [4.69, 9.17) is 0 Å². The molecule has 3 heteroatoms. The molecule has 0 bridgehead atoms. The maximum Gasteiger partial charge on any atom is 0.320 e. The molecular weight excluding hydrogens is 238 g/mol. The second kappa shape index (κ2) is 5.33. The molecule has 2 fully saturated rings. The lowest BCUT2D eigenvalue weighted by Crippen LogP contribution is -2.41. The van der Waals surface area contributed by atoms with E-state index in [1.165, 1.54) is 31.2 Å². The number of carboxylic acids is 1. The van der Waals surface area contributed by atoms with Crippen LogP contribution in [-0.2, 0) is 11.3 Å². The highest BCUT2D eigenvalue weighted by atomic mass is 16.4. The van der Waals surface area contributed by atoms with Crippen molar-refractivity contribution in [3.63, 3.8) is 0 Å². The minimum absolute atomic E-state index is 0.284. The van der Waals surface area contributed by atoms with Gasteiger partial charge in [0.2, 0.25) is 0 Å². The molecule has 1 saturated carbocycles. The first-order chi connectivity index (χ1) is 9.25. The van der Waals surface area contributed by atoms with Gasteiger partial charge in [0.25, 0.3) is 0 Å². The van der Waals surface area contributed by atoms with Gasteiger partial charge in [-0.1, -0.05) is 43.2 Å². The number of hydrogen-bond acceptors (Lipinski definition) is 2. The van der Waals surface area contributed by atoms with E-state index < -0.39 is 5.97 Å². The molecule has 0 aromatic heterocycles. The first kappa shape index (κ1) is 12.7. The summed E-state index contributed by atoms with van der Waals surface area (Å²) in [5, 5.41) is 9.47. The van der Waals surface area contributed by atoms with Crippen molar-refractivity contribution in [2.24, 2.45) is 5.92 Å². The Morgan fingerprint density at radius 3 is 2.68 bits per heavy atom. The van der Waals surface area contributed by atoms with Gasteiger partial charge in [0.05, 0.1) is 0 Å². The van der Waals surface area contributed by atoms with Crippen LogP contribution in [0.2, 0.25) is 0 Å². The SMILES string of the molecule is O=C(O)[C@H]1C[C@@H]2CCCC[C@H]2N1Cc1ccccc1. The van der Waals surface area contributed by atoms with Crippen LogP contribution >= 0.6 is 0 Å². The van der Waals surface area contributed by atoms with E-state index in [1.807, 2.05) is 18.2 Å². The molecule has 3 rings (SSSR count). The average molecular weight is 259 g/mol. The largest absolute Gasteiger partial charge is 0.480 e. The van der Waals surface area contributed by atoms with Crippen LogP contribution in [0.1, 0.15) is 37.7 Å². The van der Waals surface area contributed by atoms with Gasteiger partial charge in [0, 0.05) is 12.6 Å². The second-order valence-electron chi connectivity index (χ2n) is 5.86. The van der Waals surface area contributed by atoms with Crippen LogP contribution in [-0.4, -0.2) is 28.1 Å². The van der Waals surface area contributed by atoms with E-state index >= 15 is 0 Å². The minimum Gasteiger partial charge on any atom is -0.480 e. The van der Waals surface area contributed by atoms with E-state index in [-0.39, 0.29) is 6.04 Å². The number of carboxylic acid groups (broad SMARTS) is 1. The van der Waals surface area contributed by atoms with Crippen LogP contribution in [0.5, 0.6) is 0 Å². The molecule has 1 aromatic carbocycles. The smallest absolute Gasteiger partial charge is 0.320 e. The lowest BCUT2D eigenvalue weighted by molar-refractivity contribution is -0.142. The van der Waals surface area contributed by atoms with Crippen LogP contribution in [0.15, 0.2) is 30.3 Å². The highest BCUT2D eigenvalue weighted by Gasteiger charge is 2.44. The molecule has 0 unspecified atom stereocenters. The Morgan fingerprint density at radius 1 is 1.21 bits per heavy atom. The molecule has 3 nitrogen and oxygen atoms in total. The monoisotopic (exact) mass is 259 g/mol. The molecule has 19 heavy (non-hydrogen) atoms. The van der Waals surface area contributed by atoms with Crippen molar-refractivity contribution in [3.05, 3.63) is 35.9 Å². The predicted octanol–water partition coefficient (Wildman–Crippen LogP) is 2.90. The summed E-state index contributed by atoms with van der Waals surface area (Å²) in [5.41, 5.74) is 1.22. The van der Waals surface area contributed by atoms with E-state index in [0.717, 1.165) is 13.0 Å². The number of nitrogens with zero attached hydrogens (tertiary/aromatic N) is 1. The first-order valence-corrected chi connectivity index (χ1v) is 7.28. The van der Waals surface area contributed by atoms with E-state index in [0.29, 0.717) is 12.0 Å². The average Bonchev–Trinajstić information content (AvgIpc) is 2.79. The van der Waals surface area contributed by atoms with Crippen LogP contribution in [0.4, 0.5) is 0 Å². The zero-order valence-electron chi connectivity index (χ0n) is 11.2. The summed E-state index contributed by atoms with van der Waals surface area (Å²) in [6.45, 7) is 0.777. The molecule has 0 amide bonds. The summed E-state index contributed by atoms with van der Waals surface area (Å²) in [6.07, 6.45) is 5.74. The molecule has 1 aromatic rings. The quantitative estimate of drug-likeness (QED) is 0.907. The van der Waals surface area contributed by atoms with Gasteiger partial charge in [-0.15, -0.1) is 0 Å². The third-order valence-electron chi connectivity index (χ3n) is 4.71. The van der Waals surface area contributed by atoms with Gasteiger partial charge in [-0.2, -0.15) is 0 Å². The normalized spacial score (nSPS) is 31.1. The zero-order valence-corrected chi connectivity index (χ0v) is 11.2. The highest BCUT2D eigenvalue weighted by molar-refractivity contribution is 5.74. The number of carbonyl (C=O) groups is 1.